The van der Waals surface area contributed by atoms with Gasteiger partial charge >= 0.3 is 0 Å². The first-order valence-corrected chi connectivity index (χ1v) is 7.29. The lowest BCUT2D eigenvalue weighted by Crippen LogP contribution is -2.39. The van der Waals surface area contributed by atoms with E-state index >= 15 is 0 Å². The number of carbonyl (C=O) groups is 1. The largest absolute Gasteiger partial charge is 0.472 e. The van der Waals surface area contributed by atoms with Crippen molar-refractivity contribution >= 4 is 5.91 Å². The number of H-pyrrole nitrogens is 1. The fourth-order valence-electron chi connectivity index (χ4n) is 2.58. The molecule has 1 aliphatic rings. The molecule has 2 N–H and O–H groups in total. The normalized spacial score (nSPS) is 17.0. The van der Waals surface area contributed by atoms with Crippen LogP contribution in [0.25, 0.3) is 11.3 Å². The Hall–Kier alpha value is -2.87. The van der Waals surface area contributed by atoms with Crippen LogP contribution in [0, 0.1) is 0 Å². The summed E-state index contributed by atoms with van der Waals surface area (Å²) in [5.41, 5.74) is 3.10. The topological polar surface area (TPSA) is 98.0 Å². The molecule has 0 bridgehead atoms. The first-order chi connectivity index (χ1) is 11.3. The number of amides is 1. The summed E-state index contributed by atoms with van der Waals surface area (Å²) in [6.45, 7) is 1.36. The number of carbonyl (C=O) groups excluding carboxylic acids is 1. The van der Waals surface area contributed by atoms with Crippen LogP contribution in [-0.2, 0) is 17.9 Å². The van der Waals surface area contributed by atoms with Crippen molar-refractivity contribution in [1.29, 1.82) is 0 Å². The molecule has 0 aromatic carbocycles. The highest BCUT2D eigenvalue weighted by Crippen LogP contribution is 2.25. The molecule has 8 heteroatoms. The van der Waals surface area contributed by atoms with E-state index in [4.69, 9.17) is 9.15 Å². The van der Waals surface area contributed by atoms with Crippen molar-refractivity contribution in [3.8, 4) is 11.3 Å². The lowest BCUT2D eigenvalue weighted by Gasteiger charge is -2.24. The highest BCUT2D eigenvalue weighted by molar-refractivity contribution is 5.92. The minimum atomic E-state index is -0.151. The van der Waals surface area contributed by atoms with E-state index in [9.17, 15) is 4.79 Å². The molecule has 4 rings (SSSR count). The number of rotatable bonds is 4. The second kappa shape index (κ2) is 5.73. The van der Waals surface area contributed by atoms with Gasteiger partial charge in [0, 0.05) is 18.3 Å². The number of nitrogens with one attached hydrogen (secondary N) is 2. The Labute approximate surface area is 131 Å². The van der Waals surface area contributed by atoms with Crippen LogP contribution in [0.2, 0.25) is 0 Å². The summed E-state index contributed by atoms with van der Waals surface area (Å²) in [6, 6.07) is 5.35. The summed E-state index contributed by atoms with van der Waals surface area (Å²) in [5.74, 6) is -0.151. The molecular formula is C15H15N5O3. The van der Waals surface area contributed by atoms with Gasteiger partial charge in [-0.25, -0.2) is 4.68 Å². The van der Waals surface area contributed by atoms with Crippen molar-refractivity contribution in [2.24, 2.45) is 0 Å². The molecule has 118 valence electrons. The number of aromatic amines is 1. The van der Waals surface area contributed by atoms with Gasteiger partial charge < -0.3 is 19.5 Å². The van der Waals surface area contributed by atoms with Gasteiger partial charge in [-0.2, -0.15) is 0 Å². The highest BCUT2D eigenvalue weighted by atomic mass is 16.5. The van der Waals surface area contributed by atoms with E-state index in [0.717, 1.165) is 17.0 Å². The van der Waals surface area contributed by atoms with Crippen LogP contribution in [0.15, 0.2) is 41.3 Å². The minimum absolute atomic E-state index is 0.139. The Balaban J connectivity index is 1.41. The number of nitrogens with zero attached hydrogens (tertiary/aromatic N) is 3. The van der Waals surface area contributed by atoms with Gasteiger partial charge in [-0.15, -0.1) is 5.10 Å². The molecule has 1 amide bonds. The first-order valence-electron chi connectivity index (χ1n) is 7.29. The molecule has 3 aromatic rings. The summed E-state index contributed by atoms with van der Waals surface area (Å²) in [5, 5.41) is 11.2. The first kappa shape index (κ1) is 13.8. The molecule has 1 atom stereocenters. The second-order valence-electron chi connectivity index (χ2n) is 5.31. The average Bonchev–Trinajstić information content (AvgIpc) is 3.32. The van der Waals surface area contributed by atoms with Crippen molar-refractivity contribution in [2.45, 2.75) is 19.3 Å². The van der Waals surface area contributed by atoms with Gasteiger partial charge in [0.1, 0.15) is 11.4 Å². The fraction of sp³-hybridized carbons (Fsp3) is 0.267. The Morgan fingerprint density at radius 2 is 2.43 bits per heavy atom. The van der Waals surface area contributed by atoms with Crippen molar-refractivity contribution in [1.82, 2.24) is 25.3 Å². The van der Waals surface area contributed by atoms with E-state index in [1.807, 2.05) is 10.7 Å². The average molecular weight is 313 g/mol. The summed E-state index contributed by atoms with van der Waals surface area (Å²) in [7, 11) is 0. The van der Waals surface area contributed by atoms with E-state index in [-0.39, 0.29) is 12.0 Å². The van der Waals surface area contributed by atoms with Crippen LogP contribution in [0.4, 0.5) is 0 Å². The number of hydrogen-bond acceptors (Lipinski definition) is 5. The quantitative estimate of drug-likeness (QED) is 0.754. The van der Waals surface area contributed by atoms with Crippen LogP contribution in [0.5, 0.6) is 0 Å². The molecule has 0 saturated heterocycles. The zero-order chi connectivity index (χ0) is 15.6. The second-order valence-corrected chi connectivity index (χ2v) is 5.31. The third kappa shape index (κ3) is 2.64. The molecular weight excluding hydrogens is 298 g/mol. The van der Waals surface area contributed by atoms with Gasteiger partial charge in [-0.1, -0.05) is 5.21 Å². The van der Waals surface area contributed by atoms with E-state index in [2.05, 4.69) is 20.6 Å². The van der Waals surface area contributed by atoms with E-state index in [1.54, 1.807) is 30.9 Å². The standard InChI is InChI=1S/C15H15N5O3/c21-15(12-2-1-4-16-12)17-6-11-7-20-13(9-23-11)14(18-19-20)10-3-5-22-8-10/h1-5,8,11,16H,6-7,9H2,(H,17,21). The smallest absolute Gasteiger partial charge is 0.267 e. The monoisotopic (exact) mass is 313 g/mol. The van der Waals surface area contributed by atoms with E-state index in [0.29, 0.717) is 25.4 Å². The molecule has 3 aromatic heterocycles. The van der Waals surface area contributed by atoms with Crippen molar-refractivity contribution in [3.63, 3.8) is 0 Å². The lowest BCUT2D eigenvalue weighted by molar-refractivity contribution is 0.00174. The predicted molar refractivity (Wildman–Crippen MR) is 79.4 cm³/mol. The molecule has 1 aliphatic heterocycles. The zero-order valence-electron chi connectivity index (χ0n) is 12.2. The molecule has 0 aliphatic carbocycles. The zero-order valence-corrected chi connectivity index (χ0v) is 12.2. The van der Waals surface area contributed by atoms with E-state index < -0.39 is 0 Å². The Morgan fingerprint density at radius 1 is 1.48 bits per heavy atom. The summed E-state index contributed by atoms with van der Waals surface area (Å²) >= 11 is 0. The number of fused-ring (bicyclic) bond motifs is 1. The Morgan fingerprint density at radius 3 is 3.22 bits per heavy atom. The van der Waals surface area contributed by atoms with Crippen molar-refractivity contribution in [3.05, 3.63) is 48.3 Å². The molecule has 0 fully saturated rings. The van der Waals surface area contributed by atoms with Gasteiger partial charge in [0.15, 0.2) is 0 Å². The maximum absolute atomic E-state index is 11.9. The van der Waals surface area contributed by atoms with Crippen molar-refractivity contribution in [2.75, 3.05) is 6.54 Å². The number of hydrogen-bond donors (Lipinski definition) is 2. The minimum Gasteiger partial charge on any atom is -0.472 e. The third-order valence-corrected chi connectivity index (χ3v) is 3.80. The lowest BCUT2D eigenvalue weighted by atomic mass is 10.2. The summed E-state index contributed by atoms with van der Waals surface area (Å²) in [4.78, 5) is 14.8. The summed E-state index contributed by atoms with van der Waals surface area (Å²) in [6.07, 6.45) is 4.81. The van der Waals surface area contributed by atoms with Crippen molar-refractivity contribution < 1.29 is 13.9 Å². The third-order valence-electron chi connectivity index (χ3n) is 3.80. The number of furan rings is 1. The molecule has 8 nitrogen and oxygen atoms in total. The number of aromatic nitrogens is 4. The molecule has 0 radical (unpaired) electrons. The molecule has 0 spiro atoms. The van der Waals surface area contributed by atoms with Gasteiger partial charge in [-0.3, -0.25) is 4.79 Å². The molecule has 0 saturated carbocycles. The summed E-state index contributed by atoms with van der Waals surface area (Å²) < 4.78 is 12.7. The van der Waals surface area contributed by atoms with Crippen LogP contribution >= 0.6 is 0 Å². The Kier molecular flexibility index (Phi) is 3.43. The maximum Gasteiger partial charge on any atom is 0.267 e. The molecule has 1 unspecified atom stereocenters. The fourth-order valence-corrected chi connectivity index (χ4v) is 2.58. The SMILES string of the molecule is O=C(NCC1Cn2nnc(-c3ccoc3)c2CO1)c1ccc[nH]1. The maximum atomic E-state index is 11.9. The van der Waals surface area contributed by atoms with Crippen LogP contribution in [-0.4, -0.2) is 38.5 Å². The van der Waals surface area contributed by atoms with Gasteiger partial charge in [0.2, 0.25) is 0 Å². The molecule has 23 heavy (non-hydrogen) atoms. The predicted octanol–water partition coefficient (Wildman–Crippen LogP) is 1.19. The van der Waals surface area contributed by atoms with Crippen LogP contribution in [0.1, 0.15) is 16.2 Å². The number of ether oxygens (including phenoxy) is 1. The van der Waals surface area contributed by atoms with Gasteiger partial charge in [0.05, 0.1) is 37.5 Å². The van der Waals surface area contributed by atoms with Gasteiger partial charge in [0.25, 0.3) is 5.91 Å². The van der Waals surface area contributed by atoms with Gasteiger partial charge in [-0.05, 0) is 18.2 Å². The highest BCUT2D eigenvalue weighted by Gasteiger charge is 2.25. The van der Waals surface area contributed by atoms with Crippen LogP contribution < -0.4 is 5.32 Å². The van der Waals surface area contributed by atoms with Crippen LogP contribution in [0.3, 0.4) is 0 Å². The molecule has 4 heterocycles. The van der Waals surface area contributed by atoms with E-state index in [1.165, 1.54) is 0 Å². The Bertz CT molecular complexity index is 791.